The maximum absolute atomic E-state index is 11.5. The van der Waals surface area contributed by atoms with Gasteiger partial charge in [-0.25, -0.2) is 9.97 Å². The summed E-state index contributed by atoms with van der Waals surface area (Å²) in [4.78, 5) is 21.0. The molecule has 1 aromatic carbocycles. The van der Waals surface area contributed by atoms with Gasteiger partial charge < -0.3 is 15.0 Å². The Hall–Kier alpha value is -3.14. The Labute approximate surface area is 134 Å². The van der Waals surface area contributed by atoms with E-state index in [0.717, 1.165) is 5.56 Å². The van der Waals surface area contributed by atoms with Crippen LogP contribution in [0.2, 0.25) is 0 Å². The van der Waals surface area contributed by atoms with Crippen molar-refractivity contribution >= 4 is 11.7 Å². The van der Waals surface area contributed by atoms with E-state index in [1.54, 1.807) is 20.2 Å². The van der Waals surface area contributed by atoms with Gasteiger partial charge in [-0.15, -0.1) is 0 Å². The molecule has 1 aromatic heterocycles. The van der Waals surface area contributed by atoms with Crippen LogP contribution in [0.4, 0.5) is 5.82 Å². The Morgan fingerprint density at radius 2 is 2.13 bits per heavy atom. The Balaban J connectivity index is 1.97. The molecule has 23 heavy (non-hydrogen) atoms. The molecule has 0 bridgehead atoms. The Morgan fingerprint density at radius 3 is 2.87 bits per heavy atom. The zero-order valence-corrected chi connectivity index (χ0v) is 13.0. The van der Waals surface area contributed by atoms with E-state index < -0.39 is 0 Å². The fourth-order valence-corrected chi connectivity index (χ4v) is 1.75. The Bertz CT molecular complexity index is 724. The van der Waals surface area contributed by atoms with Gasteiger partial charge in [0.05, 0.1) is 0 Å². The summed E-state index contributed by atoms with van der Waals surface area (Å²) in [5.41, 5.74) is 1.19. The van der Waals surface area contributed by atoms with Crippen molar-refractivity contribution in [2.45, 2.75) is 6.54 Å². The SMILES string of the molecule is CN(C)C(=O)COc1cccc(CNc2nccnc2C#N)c1. The third-order valence-corrected chi connectivity index (χ3v) is 3.02. The predicted octanol–water partition coefficient (Wildman–Crippen LogP) is 1.43. The zero-order valence-electron chi connectivity index (χ0n) is 13.0. The number of rotatable bonds is 6. The lowest BCUT2D eigenvalue weighted by Crippen LogP contribution is -2.27. The average Bonchev–Trinajstić information content (AvgIpc) is 2.58. The van der Waals surface area contributed by atoms with Crippen molar-refractivity contribution in [3.63, 3.8) is 0 Å². The molecule has 118 valence electrons. The van der Waals surface area contributed by atoms with Crippen molar-refractivity contribution in [2.24, 2.45) is 0 Å². The van der Waals surface area contributed by atoms with E-state index in [0.29, 0.717) is 18.1 Å². The highest BCUT2D eigenvalue weighted by Gasteiger charge is 2.06. The van der Waals surface area contributed by atoms with Crippen LogP contribution in [-0.2, 0) is 11.3 Å². The number of benzene rings is 1. The van der Waals surface area contributed by atoms with E-state index in [-0.39, 0.29) is 18.2 Å². The van der Waals surface area contributed by atoms with Crippen LogP contribution < -0.4 is 10.1 Å². The fourth-order valence-electron chi connectivity index (χ4n) is 1.75. The van der Waals surface area contributed by atoms with Crippen molar-refractivity contribution in [3.8, 4) is 11.8 Å². The normalized spacial score (nSPS) is 9.78. The number of hydrogen-bond donors (Lipinski definition) is 1. The van der Waals surface area contributed by atoms with Gasteiger partial charge in [0.1, 0.15) is 11.8 Å². The highest BCUT2D eigenvalue weighted by Crippen LogP contribution is 2.15. The molecule has 0 atom stereocenters. The van der Waals surface area contributed by atoms with Gasteiger partial charge in [-0.3, -0.25) is 4.79 Å². The topological polar surface area (TPSA) is 91.1 Å². The van der Waals surface area contributed by atoms with Gasteiger partial charge >= 0.3 is 0 Å². The largest absolute Gasteiger partial charge is 0.484 e. The van der Waals surface area contributed by atoms with Crippen LogP contribution in [-0.4, -0.2) is 41.5 Å². The average molecular weight is 311 g/mol. The molecular weight excluding hydrogens is 294 g/mol. The number of anilines is 1. The number of nitriles is 1. The third kappa shape index (κ3) is 4.68. The molecule has 7 heteroatoms. The fraction of sp³-hybridized carbons (Fsp3) is 0.250. The highest BCUT2D eigenvalue weighted by molar-refractivity contribution is 5.77. The quantitative estimate of drug-likeness (QED) is 0.867. The summed E-state index contributed by atoms with van der Waals surface area (Å²) in [7, 11) is 3.36. The predicted molar refractivity (Wildman–Crippen MR) is 84.7 cm³/mol. The van der Waals surface area contributed by atoms with E-state index in [4.69, 9.17) is 10.00 Å². The molecule has 0 saturated carbocycles. The molecule has 2 rings (SSSR count). The minimum absolute atomic E-state index is 0.00732. The molecule has 0 unspecified atom stereocenters. The molecule has 0 spiro atoms. The molecule has 0 fully saturated rings. The van der Waals surface area contributed by atoms with E-state index in [9.17, 15) is 4.79 Å². The van der Waals surface area contributed by atoms with Crippen molar-refractivity contribution < 1.29 is 9.53 Å². The van der Waals surface area contributed by atoms with Gasteiger partial charge in [0.2, 0.25) is 0 Å². The lowest BCUT2D eigenvalue weighted by Gasteiger charge is -2.12. The molecule has 0 aliphatic heterocycles. The minimum atomic E-state index is -0.105. The Morgan fingerprint density at radius 1 is 1.35 bits per heavy atom. The number of likely N-dealkylation sites (N-methyl/N-ethyl adjacent to an activating group) is 1. The second-order valence-electron chi connectivity index (χ2n) is 4.94. The van der Waals surface area contributed by atoms with Crippen LogP contribution in [0.5, 0.6) is 5.75 Å². The van der Waals surface area contributed by atoms with Crippen LogP contribution in [0.25, 0.3) is 0 Å². The second-order valence-corrected chi connectivity index (χ2v) is 4.94. The lowest BCUT2D eigenvalue weighted by molar-refractivity contribution is -0.130. The van der Waals surface area contributed by atoms with E-state index in [1.807, 2.05) is 24.3 Å². The van der Waals surface area contributed by atoms with Crippen LogP contribution in [0, 0.1) is 11.3 Å². The van der Waals surface area contributed by atoms with E-state index in [2.05, 4.69) is 15.3 Å². The minimum Gasteiger partial charge on any atom is -0.484 e. The standard InChI is InChI=1S/C16H17N5O2/c1-21(2)15(22)11-23-13-5-3-4-12(8-13)10-20-16-14(9-17)18-6-7-19-16/h3-8H,10-11H2,1-2H3,(H,19,20). The van der Waals surface area contributed by atoms with Gasteiger partial charge in [0.15, 0.2) is 18.1 Å². The molecular formula is C16H17N5O2. The van der Waals surface area contributed by atoms with Crippen LogP contribution in [0.1, 0.15) is 11.3 Å². The molecule has 2 aromatic rings. The molecule has 1 amide bonds. The van der Waals surface area contributed by atoms with Crippen LogP contribution in [0.15, 0.2) is 36.7 Å². The van der Waals surface area contributed by atoms with Gasteiger partial charge in [0.25, 0.3) is 5.91 Å². The van der Waals surface area contributed by atoms with Crippen LogP contribution in [0.3, 0.4) is 0 Å². The number of ether oxygens (including phenoxy) is 1. The highest BCUT2D eigenvalue weighted by atomic mass is 16.5. The third-order valence-electron chi connectivity index (χ3n) is 3.02. The summed E-state index contributed by atoms with van der Waals surface area (Å²) in [6.07, 6.45) is 3.00. The number of nitrogens with zero attached hydrogens (tertiary/aromatic N) is 4. The molecule has 0 aliphatic rings. The lowest BCUT2D eigenvalue weighted by atomic mass is 10.2. The van der Waals surface area contributed by atoms with Crippen molar-refractivity contribution in [3.05, 3.63) is 47.9 Å². The number of carbonyl (C=O) groups is 1. The monoisotopic (exact) mass is 311 g/mol. The van der Waals surface area contributed by atoms with E-state index in [1.165, 1.54) is 17.3 Å². The number of aromatic nitrogens is 2. The molecule has 7 nitrogen and oxygen atoms in total. The zero-order chi connectivity index (χ0) is 16.7. The smallest absolute Gasteiger partial charge is 0.259 e. The first-order valence-corrected chi connectivity index (χ1v) is 6.97. The van der Waals surface area contributed by atoms with Crippen molar-refractivity contribution in [2.75, 3.05) is 26.0 Å². The van der Waals surface area contributed by atoms with Gasteiger partial charge in [-0.05, 0) is 17.7 Å². The number of carbonyl (C=O) groups excluding carboxylic acids is 1. The Kier molecular flexibility index (Phi) is 5.47. The number of amides is 1. The van der Waals surface area contributed by atoms with Crippen LogP contribution >= 0.6 is 0 Å². The first-order chi connectivity index (χ1) is 11.1. The van der Waals surface area contributed by atoms with E-state index >= 15 is 0 Å². The second kappa shape index (κ2) is 7.75. The summed E-state index contributed by atoms with van der Waals surface area (Å²) in [6.45, 7) is 0.457. The summed E-state index contributed by atoms with van der Waals surface area (Å²) in [5.74, 6) is 0.940. The molecule has 0 aliphatic carbocycles. The number of hydrogen-bond acceptors (Lipinski definition) is 6. The summed E-state index contributed by atoms with van der Waals surface area (Å²) < 4.78 is 5.47. The van der Waals surface area contributed by atoms with Gasteiger partial charge in [-0.1, -0.05) is 12.1 Å². The first-order valence-electron chi connectivity index (χ1n) is 6.97. The maximum atomic E-state index is 11.5. The van der Waals surface area contributed by atoms with Gasteiger partial charge in [0, 0.05) is 33.0 Å². The summed E-state index contributed by atoms with van der Waals surface area (Å²) in [5, 5.41) is 12.0. The van der Waals surface area contributed by atoms with Crippen molar-refractivity contribution in [1.29, 1.82) is 5.26 Å². The molecule has 1 N–H and O–H groups in total. The summed E-state index contributed by atoms with van der Waals surface area (Å²) >= 11 is 0. The molecule has 0 saturated heterocycles. The molecule has 1 heterocycles. The summed E-state index contributed by atoms with van der Waals surface area (Å²) in [6, 6.07) is 9.36. The maximum Gasteiger partial charge on any atom is 0.259 e. The first kappa shape index (κ1) is 16.2. The number of nitrogens with one attached hydrogen (secondary N) is 1. The van der Waals surface area contributed by atoms with Crippen molar-refractivity contribution in [1.82, 2.24) is 14.9 Å². The molecule has 0 radical (unpaired) electrons. The van der Waals surface area contributed by atoms with Gasteiger partial charge in [-0.2, -0.15) is 5.26 Å².